The molecule has 0 bridgehead atoms. The Morgan fingerprint density at radius 3 is 2.13 bits per heavy atom. The molecule has 8 nitrogen and oxygen atoms in total. The van der Waals surface area contributed by atoms with Gasteiger partial charge in [0.15, 0.2) is 0 Å². The summed E-state index contributed by atoms with van der Waals surface area (Å²) >= 11 is 5.95. The Kier molecular flexibility index (Phi) is 8.71. The molecule has 0 spiro atoms. The van der Waals surface area contributed by atoms with Crippen molar-refractivity contribution in [2.45, 2.75) is 37.0 Å². The van der Waals surface area contributed by atoms with E-state index in [9.17, 15) is 18.0 Å². The van der Waals surface area contributed by atoms with Crippen LogP contribution in [0.3, 0.4) is 0 Å². The summed E-state index contributed by atoms with van der Waals surface area (Å²) in [6.45, 7) is 4.50. The van der Waals surface area contributed by atoms with Gasteiger partial charge in [-0.1, -0.05) is 36.6 Å². The Morgan fingerprint density at radius 1 is 0.871 bits per heavy atom. The molecule has 0 aliphatic carbocycles. The van der Waals surface area contributed by atoms with Gasteiger partial charge in [-0.05, 0) is 25.0 Å². The van der Waals surface area contributed by atoms with Crippen LogP contribution in [-0.2, 0) is 19.6 Å². The standard InChI is InChI=1S/C21H31ClN4O4S/c22-18-7-3-4-8-19(18)31(29,30)23-10-9-20(27)26-15-13-24(14-16-26)17-21(28)25-11-5-1-2-6-12-25/h3-4,7-8,23H,1-2,5-6,9-17H2. The van der Waals surface area contributed by atoms with Crippen molar-refractivity contribution in [1.29, 1.82) is 0 Å². The number of amides is 2. The van der Waals surface area contributed by atoms with Crippen LogP contribution in [0.25, 0.3) is 0 Å². The Hall–Kier alpha value is -1.68. The number of carbonyl (C=O) groups excluding carboxylic acids is 2. The molecule has 172 valence electrons. The lowest BCUT2D eigenvalue weighted by Gasteiger charge is -2.35. The molecule has 3 rings (SSSR count). The summed E-state index contributed by atoms with van der Waals surface area (Å²) in [5, 5.41) is 0.146. The maximum atomic E-state index is 12.5. The van der Waals surface area contributed by atoms with Crippen molar-refractivity contribution in [3.05, 3.63) is 29.3 Å². The van der Waals surface area contributed by atoms with Gasteiger partial charge in [0, 0.05) is 52.2 Å². The number of hydrogen-bond acceptors (Lipinski definition) is 5. The quantitative estimate of drug-likeness (QED) is 0.653. The number of benzene rings is 1. The molecule has 1 aromatic rings. The molecule has 10 heteroatoms. The largest absolute Gasteiger partial charge is 0.342 e. The average Bonchev–Trinajstić information content (AvgIpc) is 3.04. The highest BCUT2D eigenvalue weighted by Gasteiger charge is 2.25. The molecule has 2 saturated heterocycles. The van der Waals surface area contributed by atoms with Gasteiger partial charge in [-0.3, -0.25) is 14.5 Å². The molecule has 2 aliphatic heterocycles. The molecule has 2 aliphatic rings. The second kappa shape index (κ2) is 11.3. The van der Waals surface area contributed by atoms with Gasteiger partial charge in [-0.2, -0.15) is 0 Å². The van der Waals surface area contributed by atoms with E-state index in [4.69, 9.17) is 11.6 Å². The molecular formula is C21H31ClN4O4S. The predicted molar refractivity (Wildman–Crippen MR) is 119 cm³/mol. The van der Waals surface area contributed by atoms with E-state index in [1.807, 2.05) is 4.90 Å². The van der Waals surface area contributed by atoms with E-state index in [1.54, 1.807) is 17.0 Å². The minimum atomic E-state index is -3.76. The summed E-state index contributed by atoms with van der Waals surface area (Å²) in [5.74, 6) is 0.0796. The first-order valence-electron chi connectivity index (χ1n) is 10.9. The van der Waals surface area contributed by atoms with Crippen LogP contribution in [0.15, 0.2) is 29.2 Å². The van der Waals surface area contributed by atoms with Crippen molar-refractivity contribution in [2.75, 3.05) is 52.4 Å². The molecule has 1 aromatic carbocycles. The molecule has 0 aromatic heterocycles. The van der Waals surface area contributed by atoms with E-state index in [-0.39, 0.29) is 34.7 Å². The van der Waals surface area contributed by atoms with E-state index in [0.29, 0.717) is 32.7 Å². The fourth-order valence-corrected chi connectivity index (χ4v) is 5.51. The first-order chi connectivity index (χ1) is 14.9. The van der Waals surface area contributed by atoms with Crippen LogP contribution >= 0.6 is 11.6 Å². The lowest BCUT2D eigenvalue weighted by molar-refractivity contribution is -0.135. The van der Waals surface area contributed by atoms with Crippen LogP contribution in [0.4, 0.5) is 0 Å². The molecule has 0 saturated carbocycles. The zero-order chi connectivity index (χ0) is 22.3. The van der Waals surface area contributed by atoms with Gasteiger partial charge < -0.3 is 9.80 Å². The lowest BCUT2D eigenvalue weighted by atomic mass is 10.2. The number of hydrogen-bond donors (Lipinski definition) is 1. The van der Waals surface area contributed by atoms with E-state index in [1.165, 1.54) is 25.0 Å². The summed E-state index contributed by atoms with van der Waals surface area (Å²) in [7, 11) is -3.76. The van der Waals surface area contributed by atoms with Gasteiger partial charge >= 0.3 is 0 Å². The summed E-state index contributed by atoms with van der Waals surface area (Å²) in [4.78, 5) is 30.8. The van der Waals surface area contributed by atoms with Crippen LogP contribution in [0.2, 0.25) is 5.02 Å². The monoisotopic (exact) mass is 470 g/mol. The molecule has 2 amide bonds. The Bertz CT molecular complexity index is 864. The first kappa shape index (κ1) is 24.0. The Balaban J connectivity index is 1.39. The molecule has 2 fully saturated rings. The molecule has 0 radical (unpaired) electrons. The molecule has 31 heavy (non-hydrogen) atoms. The van der Waals surface area contributed by atoms with Crippen molar-refractivity contribution >= 4 is 33.4 Å². The van der Waals surface area contributed by atoms with Crippen LogP contribution in [0, 0.1) is 0 Å². The van der Waals surface area contributed by atoms with Crippen molar-refractivity contribution in [3.63, 3.8) is 0 Å². The maximum absolute atomic E-state index is 12.5. The molecular weight excluding hydrogens is 440 g/mol. The van der Waals surface area contributed by atoms with Gasteiger partial charge in [0.2, 0.25) is 21.8 Å². The van der Waals surface area contributed by atoms with E-state index >= 15 is 0 Å². The van der Waals surface area contributed by atoms with Gasteiger partial charge in [-0.15, -0.1) is 0 Å². The van der Waals surface area contributed by atoms with Crippen LogP contribution in [0.5, 0.6) is 0 Å². The fourth-order valence-electron chi connectivity index (χ4n) is 3.96. The summed E-state index contributed by atoms with van der Waals surface area (Å²) in [5.41, 5.74) is 0. The third-order valence-corrected chi connectivity index (χ3v) is 7.76. The zero-order valence-electron chi connectivity index (χ0n) is 17.8. The number of nitrogens with one attached hydrogen (secondary N) is 1. The number of halogens is 1. The van der Waals surface area contributed by atoms with Crippen molar-refractivity contribution in [1.82, 2.24) is 19.4 Å². The number of rotatable bonds is 7. The van der Waals surface area contributed by atoms with Gasteiger partial charge in [-0.25, -0.2) is 13.1 Å². The van der Waals surface area contributed by atoms with E-state index < -0.39 is 10.0 Å². The maximum Gasteiger partial charge on any atom is 0.242 e. The first-order valence-corrected chi connectivity index (χ1v) is 12.7. The van der Waals surface area contributed by atoms with E-state index in [2.05, 4.69) is 9.62 Å². The minimum absolute atomic E-state index is 0.00630. The third-order valence-electron chi connectivity index (χ3n) is 5.80. The van der Waals surface area contributed by atoms with Crippen LogP contribution < -0.4 is 4.72 Å². The summed E-state index contributed by atoms with van der Waals surface area (Å²) in [6.07, 6.45) is 4.62. The number of likely N-dealkylation sites (tertiary alicyclic amines) is 1. The molecule has 0 unspecified atom stereocenters. The second-order valence-corrected chi connectivity index (χ2v) is 10.2. The lowest BCUT2D eigenvalue weighted by Crippen LogP contribution is -2.52. The van der Waals surface area contributed by atoms with Gasteiger partial charge in [0.05, 0.1) is 11.6 Å². The average molecular weight is 471 g/mol. The highest BCUT2D eigenvalue weighted by atomic mass is 35.5. The topological polar surface area (TPSA) is 90.0 Å². The normalized spacial score (nSPS) is 18.6. The molecule has 2 heterocycles. The van der Waals surface area contributed by atoms with Crippen molar-refractivity contribution in [3.8, 4) is 0 Å². The Morgan fingerprint density at radius 2 is 1.48 bits per heavy atom. The third kappa shape index (κ3) is 6.90. The zero-order valence-corrected chi connectivity index (χ0v) is 19.3. The van der Waals surface area contributed by atoms with Gasteiger partial charge in [0.25, 0.3) is 0 Å². The Labute approximate surface area is 189 Å². The molecule has 1 N–H and O–H groups in total. The number of nitrogens with zero attached hydrogens (tertiary/aromatic N) is 3. The highest BCUT2D eigenvalue weighted by molar-refractivity contribution is 7.89. The number of sulfonamides is 1. The van der Waals surface area contributed by atoms with Crippen LogP contribution in [-0.4, -0.2) is 87.3 Å². The van der Waals surface area contributed by atoms with Gasteiger partial charge in [0.1, 0.15) is 4.90 Å². The van der Waals surface area contributed by atoms with Crippen molar-refractivity contribution < 1.29 is 18.0 Å². The second-order valence-electron chi connectivity index (χ2n) is 8.03. The smallest absolute Gasteiger partial charge is 0.242 e. The summed E-state index contributed by atoms with van der Waals surface area (Å²) in [6, 6.07) is 6.20. The fraction of sp³-hybridized carbons (Fsp3) is 0.619. The minimum Gasteiger partial charge on any atom is -0.342 e. The molecule has 0 atom stereocenters. The SMILES string of the molecule is O=C(CCNS(=O)(=O)c1ccccc1Cl)N1CCN(CC(=O)N2CCCCCC2)CC1. The van der Waals surface area contributed by atoms with Crippen LogP contribution in [0.1, 0.15) is 32.1 Å². The van der Waals surface area contributed by atoms with E-state index in [0.717, 1.165) is 25.9 Å². The highest BCUT2D eigenvalue weighted by Crippen LogP contribution is 2.20. The van der Waals surface area contributed by atoms with Crippen molar-refractivity contribution in [2.24, 2.45) is 0 Å². The number of piperazine rings is 1. The number of carbonyl (C=O) groups is 2. The summed E-state index contributed by atoms with van der Waals surface area (Å²) < 4.78 is 27.1. The predicted octanol–water partition coefficient (Wildman–Crippen LogP) is 1.56.